The minimum absolute atomic E-state index is 0.0474. The van der Waals surface area contributed by atoms with Crippen molar-refractivity contribution in [1.29, 1.82) is 0 Å². The standard InChI is InChI=1S/C11H13FN2O3/c12-8-3-1-7(2-4-8)5-10(16)14-6-9(15)11(13)17/h1-4,9,15H,5-6H2,(H2,13,17)(H,14,16). The van der Waals surface area contributed by atoms with E-state index in [0.29, 0.717) is 5.56 Å². The summed E-state index contributed by atoms with van der Waals surface area (Å²) in [6, 6.07) is 5.47. The second-order valence-corrected chi connectivity index (χ2v) is 3.53. The SMILES string of the molecule is NC(=O)C(O)CNC(=O)Cc1ccc(F)cc1. The minimum Gasteiger partial charge on any atom is -0.381 e. The fourth-order valence-corrected chi connectivity index (χ4v) is 1.16. The zero-order valence-electron chi connectivity index (χ0n) is 9.02. The Bertz CT molecular complexity index is 406. The van der Waals surface area contributed by atoms with E-state index in [1.165, 1.54) is 24.3 Å². The molecule has 0 aliphatic carbocycles. The highest BCUT2D eigenvalue weighted by Crippen LogP contribution is 2.03. The van der Waals surface area contributed by atoms with Gasteiger partial charge in [0.05, 0.1) is 13.0 Å². The third-order valence-electron chi connectivity index (χ3n) is 2.10. The highest BCUT2D eigenvalue weighted by atomic mass is 19.1. The zero-order chi connectivity index (χ0) is 12.8. The number of nitrogens with two attached hydrogens (primary N) is 1. The summed E-state index contributed by atoms with van der Waals surface area (Å²) in [6.07, 6.45) is -1.35. The average Bonchev–Trinajstić information content (AvgIpc) is 2.29. The number of aliphatic hydroxyl groups is 1. The van der Waals surface area contributed by atoms with Crippen LogP contribution in [-0.4, -0.2) is 29.6 Å². The molecule has 0 heterocycles. The number of primary amides is 1. The first kappa shape index (κ1) is 13.1. The molecule has 1 aromatic carbocycles. The molecule has 0 bridgehead atoms. The van der Waals surface area contributed by atoms with E-state index in [9.17, 15) is 14.0 Å². The molecule has 1 unspecified atom stereocenters. The Morgan fingerprint density at radius 1 is 1.35 bits per heavy atom. The van der Waals surface area contributed by atoms with Gasteiger partial charge in [-0.1, -0.05) is 12.1 Å². The Kier molecular flexibility index (Phi) is 4.59. The number of amides is 2. The van der Waals surface area contributed by atoms with Crippen molar-refractivity contribution in [3.63, 3.8) is 0 Å². The van der Waals surface area contributed by atoms with Crippen molar-refractivity contribution in [2.24, 2.45) is 5.73 Å². The lowest BCUT2D eigenvalue weighted by molar-refractivity contribution is -0.126. The molecule has 0 aliphatic heterocycles. The van der Waals surface area contributed by atoms with Crippen LogP contribution in [0, 0.1) is 5.82 Å². The normalized spacial score (nSPS) is 11.9. The van der Waals surface area contributed by atoms with E-state index >= 15 is 0 Å². The Balaban J connectivity index is 2.39. The van der Waals surface area contributed by atoms with Crippen LogP contribution >= 0.6 is 0 Å². The molecule has 4 N–H and O–H groups in total. The van der Waals surface area contributed by atoms with Gasteiger partial charge in [0.2, 0.25) is 11.8 Å². The van der Waals surface area contributed by atoms with Crippen LogP contribution < -0.4 is 11.1 Å². The molecule has 0 fully saturated rings. The summed E-state index contributed by atoms with van der Waals surface area (Å²) in [5.74, 6) is -1.65. The Hall–Kier alpha value is -1.95. The first-order valence-corrected chi connectivity index (χ1v) is 4.97. The van der Waals surface area contributed by atoms with E-state index in [1.807, 2.05) is 0 Å². The molecule has 17 heavy (non-hydrogen) atoms. The second kappa shape index (κ2) is 5.95. The monoisotopic (exact) mass is 240 g/mol. The number of carbonyl (C=O) groups is 2. The van der Waals surface area contributed by atoms with Crippen molar-refractivity contribution in [2.45, 2.75) is 12.5 Å². The van der Waals surface area contributed by atoms with E-state index in [-0.39, 0.29) is 24.7 Å². The number of nitrogens with one attached hydrogen (secondary N) is 1. The molecule has 0 radical (unpaired) electrons. The number of benzene rings is 1. The fraction of sp³-hybridized carbons (Fsp3) is 0.273. The lowest BCUT2D eigenvalue weighted by Crippen LogP contribution is -2.40. The van der Waals surface area contributed by atoms with E-state index in [4.69, 9.17) is 10.8 Å². The zero-order valence-corrected chi connectivity index (χ0v) is 9.02. The molecule has 0 aliphatic rings. The van der Waals surface area contributed by atoms with Crippen LogP contribution in [0.5, 0.6) is 0 Å². The highest BCUT2D eigenvalue weighted by molar-refractivity contribution is 5.81. The summed E-state index contributed by atoms with van der Waals surface area (Å²) in [4.78, 5) is 21.8. The number of rotatable bonds is 5. The molecule has 0 saturated heterocycles. The highest BCUT2D eigenvalue weighted by Gasteiger charge is 2.12. The van der Waals surface area contributed by atoms with Crippen LogP contribution in [-0.2, 0) is 16.0 Å². The van der Waals surface area contributed by atoms with Gasteiger partial charge in [-0.3, -0.25) is 9.59 Å². The van der Waals surface area contributed by atoms with Crippen molar-refractivity contribution >= 4 is 11.8 Å². The maximum Gasteiger partial charge on any atom is 0.248 e. The molecule has 0 saturated carbocycles. The van der Waals surface area contributed by atoms with Crippen molar-refractivity contribution in [3.05, 3.63) is 35.6 Å². The van der Waals surface area contributed by atoms with Crippen LogP contribution in [0.1, 0.15) is 5.56 Å². The molecule has 0 aromatic heterocycles. The molecule has 5 nitrogen and oxygen atoms in total. The van der Waals surface area contributed by atoms with Crippen molar-refractivity contribution in [3.8, 4) is 0 Å². The van der Waals surface area contributed by atoms with E-state index < -0.39 is 12.0 Å². The summed E-state index contributed by atoms with van der Waals surface area (Å²) in [7, 11) is 0. The Labute approximate surface area is 97.4 Å². The summed E-state index contributed by atoms with van der Waals surface area (Å²) in [5, 5.41) is 11.4. The summed E-state index contributed by atoms with van der Waals surface area (Å²) in [5.41, 5.74) is 5.45. The van der Waals surface area contributed by atoms with Gasteiger partial charge in [0, 0.05) is 0 Å². The first-order valence-electron chi connectivity index (χ1n) is 4.97. The summed E-state index contributed by atoms with van der Waals surface area (Å²) >= 11 is 0. The largest absolute Gasteiger partial charge is 0.381 e. The second-order valence-electron chi connectivity index (χ2n) is 3.53. The van der Waals surface area contributed by atoms with Gasteiger partial charge >= 0.3 is 0 Å². The molecule has 1 rings (SSSR count). The van der Waals surface area contributed by atoms with Crippen molar-refractivity contribution in [2.75, 3.05) is 6.54 Å². The van der Waals surface area contributed by atoms with Crippen LogP contribution in [0.2, 0.25) is 0 Å². The number of hydrogen-bond donors (Lipinski definition) is 3. The van der Waals surface area contributed by atoms with E-state index in [2.05, 4.69) is 5.32 Å². The smallest absolute Gasteiger partial charge is 0.248 e. The number of halogens is 1. The lowest BCUT2D eigenvalue weighted by atomic mass is 10.1. The molecule has 2 amide bonds. The quantitative estimate of drug-likeness (QED) is 0.637. The van der Waals surface area contributed by atoms with E-state index in [0.717, 1.165) is 0 Å². The maximum atomic E-state index is 12.6. The van der Waals surface area contributed by atoms with Gasteiger partial charge in [-0.05, 0) is 17.7 Å². The van der Waals surface area contributed by atoms with Crippen LogP contribution in [0.15, 0.2) is 24.3 Å². The molecule has 1 atom stereocenters. The van der Waals surface area contributed by atoms with Gasteiger partial charge in [0.25, 0.3) is 0 Å². The fourth-order valence-electron chi connectivity index (χ4n) is 1.16. The minimum atomic E-state index is -1.40. The lowest BCUT2D eigenvalue weighted by Gasteiger charge is -2.08. The first-order chi connectivity index (χ1) is 7.99. The molecular formula is C11H13FN2O3. The third kappa shape index (κ3) is 4.60. The maximum absolute atomic E-state index is 12.6. The van der Waals surface area contributed by atoms with Gasteiger partial charge in [-0.25, -0.2) is 4.39 Å². The van der Waals surface area contributed by atoms with Crippen LogP contribution in [0.4, 0.5) is 4.39 Å². The molecule has 0 spiro atoms. The molecule has 6 heteroatoms. The molecule has 1 aromatic rings. The predicted octanol–water partition coefficient (Wildman–Crippen LogP) is -0.669. The summed E-state index contributed by atoms with van der Waals surface area (Å²) in [6.45, 7) is -0.227. The van der Waals surface area contributed by atoms with Gasteiger partial charge in [0.15, 0.2) is 0 Å². The topological polar surface area (TPSA) is 92.4 Å². The molecule has 92 valence electrons. The third-order valence-corrected chi connectivity index (χ3v) is 2.10. The number of carbonyl (C=O) groups excluding carboxylic acids is 2. The van der Waals surface area contributed by atoms with Gasteiger partial charge in [-0.15, -0.1) is 0 Å². The number of aliphatic hydroxyl groups excluding tert-OH is 1. The van der Waals surface area contributed by atoms with Gasteiger partial charge < -0.3 is 16.2 Å². The van der Waals surface area contributed by atoms with Gasteiger partial charge in [0.1, 0.15) is 11.9 Å². The Morgan fingerprint density at radius 3 is 2.47 bits per heavy atom. The van der Waals surface area contributed by atoms with Crippen molar-refractivity contribution < 1.29 is 19.1 Å². The molecular weight excluding hydrogens is 227 g/mol. The number of hydrogen-bond acceptors (Lipinski definition) is 3. The average molecular weight is 240 g/mol. The van der Waals surface area contributed by atoms with E-state index in [1.54, 1.807) is 0 Å². The van der Waals surface area contributed by atoms with Crippen LogP contribution in [0.25, 0.3) is 0 Å². The predicted molar refractivity (Wildman–Crippen MR) is 58.3 cm³/mol. The van der Waals surface area contributed by atoms with Crippen molar-refractivity contribution in [1.82, 2.24) is 5.32 Å². The van der Waals surface area contributed by atoms with Gasteiger partial charge in [-0.2, -0.15) is 0 Å². The summed E-state index contributed by atoms with van der Waals surface area (Å²) < 4.78 is 12.6. The Morgan fingerprint density at radius 2 is 1.94 bits per heavy atom. The van der Waals surface area contributed by atoms with Crippen LogP contribution in [0.3, 0.4) is 0 Å².